The summed E-state index contributed by atoms with van der Waals surface area (Å²) in [7, 11) is 3.79. The molecule has 2 rings (SSSR count). The normalized spacial score (nSPS) is 22.9. The molecule has 0 aromatic rings. The van der Waals surface area contributed by atoms with E-state index in [1.807, 2.05) is 0 Å². The number of likely N-dealkylation sites (N-methyl/N-ethyl adjacent to an activating group) is 1. The van der Waals surface area contributed by atoms with Gasteiger partial charge in [-0.3, -0.25) is 0 Å². The van der Waals surface area contributed by atoms with Crippen molar-refractivity contribution < 1.29 is 31.3 Å². The molecule has 7 atom stereocenters. The van der Waals surface area contributed by atoms with Gasteiger partial charge in [0.25, 0.3) is 0 Å². The highest BCUT2D eigenvalue weighted by Gasteiger charge is 2.47. The lowest BCUT2D eigenvalue weighted by atomic mass is 9.63. The molecular weight excluding hydrogens is 795 g/mol. The first kappa shape index (κ1) is 61.2. The van der Waals surface area contributed by atoms with Gasteiger partial charge in [0.15, 0.2) is 0 Å². The second-order valence-electron chi connectivity index (χ2n) is 20.9. The molecule has 0 saturated heterocycles. The molecule has 0 amide bonds. The van der Waals surface area contributed by atoms with E-state index in [-0.39, 0.29) is 8.96 Å². The SMILES string of the molecule is CC(C)CCC[C@@H](C)[C@H]1CCC2CCCC(C)[C@@H](C)CCC[C@@]21C.CCCCC/C=C\C/C=C\CCCCCCCCOCOCC(CN(C)CCOC)OCCOCCOCCC.[HH].[HH]. The molecule has 0 aromatic heterocycles. The van der Waals surface area contributed by atoms with Crippen molar-refractivity contribution in [2.45, 2.75) is 216 Å². The van der Waals surface area contributed by atoms with Gasteiger partial charge >= 0.3 is 0 Å². The predicted octanol–water partition coefficient (Wildman–Crippen LogP) is 15.8. The van der Waals surface area contributed by atoms with E-state index in [0.717, 1.165) is 81.1 Å². The maximum atomic E-state index is 6.03. The molecule has 0 aromatic carbocycles. The van der Waals surface area contributed by atoms with Crippen LogP contribution in [0.4, 0.5) is 0 Å². The van der Waals surface area contributed by atoms with Gasteiger partial charge in [-0.05, 0) is 119 Å². The summed E-state index contributed by atoms with van der Waals surface area (Å²) in [5.74, 6) is 5.73. The van der Waals surface area contributed by atoms with Crippen molar-refractivity contribution in [3.63, 3.8) is 0 Å². The third-order valence-corrected chi connectivity index (χ3v) is 14.7. The van der Waals surface area contributed by atoms with Crippen molar-refractivity contribution in [1.29, 1.82) is 0 Å². The molecule has 0 heterocycles. The first-order chi connectivity index (χ1) is 31.1. The van der Waals surface area contributed by atoms with Crippen molar-refractivity contribution in [1.82, 2.24) is 4.90 Å². The number of ether oxygens (including phenoxy) is 6. The Balaban J connectivity index is 0. The Morgan fingerprint density at radius 2 is 1.30 bits per heavy atom. The van der Waals surface area contributed by atoms with Crippen LogP contribution in [0.3, 0.4) is 0 Å². The molecule has 2 fully saturated rings. The lowest BCUT2D eigenvalue weighted by molar-refractivity contribution is -0.103. The van der Waals surface area contributed by atoms with E-state index in [9.17, 15) is 0 Å². The standard InChI is InChI=1S/C33H65NO6.C24H46.2H2/c1-5-7-8-9-10-11-12-13-14-15-16-17-18-19-20-21-24-38-32-39-31-33(30-34(3)22-25-35-4)40-29-28-37-27-26-36-23-6-2;1-18(2)10-7-12-21(5)23-16-15-22-14-8-11-19(3)20(4)13-9-17-24(22,23)6;;/h10-11,13-14,33H,5-9,12,15-32H2,1-4H3;18-23H,7-17H2,1-6H3;2*1H/b11-10-,14-13-;;;/t;19?,20-,21+,22?,23+,24-;;/m.0../s1. The van der Waals surface area contributed by atoms with Crippen LogP contribution >= 0.6 is 0 Å². The van der Waals surface area contributed by atoms with Crippen molar-refractivity contribution in [3.8, 4) is 0 Å². The molecule has 7 nitrogen and oxygen atoms in total. The first-order valence-electron chi connectivity index (χ1n) is 27.5. The van der Waals surface area contributed by atoms with Gasteiger partial charge in [0.1, 0.15) is 6.79 Å². The summed E-state index contributed by atoms with van der Waals surface area (Å²) in [5.41, 5.74) is 0.650. The smallest absolute Gasteiger partial charge is 0.146 e. The fraction of sp³-hybridized carbons (Fsp3) is 0.930. The third-order valence-electron chi connectivity index (χ3n) is 14.7. The van der Waals surface area contributed by atoms with Gasteiger partial charge in [0.05, 0.1) is 45.7 Å². The molecule has 0 bridgehead atoms. The number of methoxy groups -OCH3 is 1. The van der Waals surface area contributed by atoms with Crippen LogP contribution in [0.25, 0.3) is 0 Å². The van der Waals surface area contributed by atoms with Gasteiger partial charge in [-0.2, -0.15) is 0 Å². The van der Waals surface area contributed by atoms with Crippen LogP contribution in [0, 0.1) is 40.9 Å². The van der Waals surface area contributed by atoms with E-state index in [4.69, 9.17) is 28.4 Å². The van der Waals surface area contributed by atoms with Gasteiger partial charge in [0.2, 0.25) is 0 Å². The molecule has 2 saturated carbocycles. The molecule has 384 valence electrons. The summed E-state index contributed by atoms with van der Waals surface area (Å²) in [6.07, 6.45) is 41.6. The number of rotatable bonds is 38. The largest absolute Gasteiger partial charge is 0.383 e. The Kier molecular flexibility index (Phi) is 40.5. The summed E-state index contributed by atoms with van der Waals surface area (Å²) in [6.45, 7) is 26.4. The lowest BCUT2D eigenvalue weighted by Crippen LogP contribution is -2.37. The molecule has 0 N–H and O–H groups in total. The molecule has 0 spiro atoms. The summed E-state index contributed by atoms with van der Waals surface area (Å²) in [6, 6.07) is 0. The summed E-state index contributed by atoms with van der Waals surface area (Å²) >= 11 is 0. The fourth-order valence-electron chi connectivity index (χ4n) is 10.3. The minimum absolute atomic E-state index is 0. The van der Waals surface area contributed by atoms with Gasteiger partial charge in [-0.1, -0.05) is 163 Å². The minimum Gasteiger partial charge on any atom is -0.383 e. The van der Waals surface area contributed by atoms with E-state index in [1.54, 1.807) is 7.11 Å². The monoisotopic (exact) mass is 910 g/mol. The Labute approximate surface area is 402 Å². The number of nitrogens with zero attached hydrogens (tertiary/aromatic N) is 1. The highest BCUT2D eigenvalue weighted by atomic mass is 16.7. The Hall–Kier alpha value is -0.800. The molecule has 2 aliphatic carbocycles. The van der Waals surface area contributed by atoms with Crippen molar-refractivity contribution in [2.75, 3.05) is 86.9 Å². The quantitative estimate of drug-likeness (QED) is 0.0347. The maximum absolute atomic E-state index is 6.03. The van der Waals surface area contributed by atoms with Crippen molar-refractivity contribution in [2.24, 2.45) is 40.9 Å². The zero-order valence-electron chi connectivity index (χ0n) is 44.5. The van der Waals surface area contributed by atoms with E-state index in [2.05, 4.69) is 91.6 Å². The average Bonchev–Trinajstić information content (AvgIpc) is 3.60. The minimum atomic E-state index is -0.0349. The van der Waals surface area contributed by atoms with Crippen molar-refractivity contribution in [3.05, 3.63) is 24.3 Å². The molecule has 0 radical (unpaired) electrons. The van der Waals surface area contributed by atoms with E-state index in [0.29, 0.717) is 51.8 Å². The van der Waals surface area contributed by atoms with E-state index in [1.165, 1.54) is 135 Å². The number of hydrogen-bond donors (Lipinski definition) is 0. The fourth-order valence-corrected chi connectivity index (χ4v) is 10.3. The first-order valence-corrected chi connectivity index (χ1v) is 27.5. The predicted molar refractivity (Wildman–Crippen MR) is 280 cm³/mol. The molecule has 64 heavy (non-hydrogen) atoms. The van der Waals surface area contributed by atoms with Crippen LogP contribution in [0.1, 0.15) is 212 Å². The van der Waals surface area contributed by atoms with Crippen LogP contribution in [0.2, 0.25) is 0 Å². The zero-order chi connectivity index (χ0) is 46.9. The summed E-state index contributed by atoms with van der Waals surface area (Å²) < 4.78 is 33.7. The number of fused-ring (bicyclic) bond motifs is 1. The van der Waals surface area contributed by atoms with Crippen LogP contribution in [-0.2, 0) is 28.4 Å². The number of hydrogen-bond acceptors (Lipinski definition) is 7. The molecule has 2 aliphatic rings. The number of unbranched alkanes of at least 4 members (excludes halogenated alkanes) is 9. The lowest BCUT2D eigenvalue weighted by Gasteiger charge is -2.41. The topological polar surface area (TPSA) is 58.6 Å². The molecular formula is C57H115NO6. The number of allylic oxidation sites excluding steroid dienone is 4. The van der Waals surface area contributed by atoms with Crippen LogP contribution in [0.5, 0.6) is 0 Å². The molecule has 3 unspecified atom stereocenters. The van der Waals surface area contributed by atoms with E-state index < -0.39 is 0 Å². The highest BCUT2D eigenvalue weighted by Crippen LogP contribution is 2.56. The van der Waals surface area contributed by atoms with Crippen LogP contribution < -0.4 is 0 Å². The van der Waals surface area contributed by atoms with Crippen LogP contribution in [0.15, 0.2) is 24.3 Å². The van der Waals surface area contributed by atoms with Gasteiger partial charge < -0.3 is 33.3 Å². The Bertz CT molecular complexity index is 1070. The summed E-state index contributed by atoms with van der Waals surface area (Å²) in [4.78, 5) is 2.20. The maximum Gasteiger partial charge on any atom is 0.146 e. The van der Waals surface area contributed by atoms with Gasteiger partial charge in [0, 0.05) is 36.3 Å². The average molecular weight is 911 g/mol. The summed E-state index contributed by atoms with van der Waals surface area (Å²) in [5, 5.41) is 0. The zero-order valence-corrected chi connectivity index (χ0v) is 44.5. The second-order valence-corrected chi connectivity index (χ2v) is 20.9. The highest BCUT2D eigenvalue weighted by molar-refractivity contribution is 4.97. The Morgan fingerprint density at radius 3 is 1.98 bits per heavy atom. The van der Waals surface area contributed by atoms with Gasteiger partial charge in [-0.15, -0.1) is 0 Å². The Morgan fingerprint density at radius 1 is 0.641 bits per heavy atom. The third kappa shape index (κ3) is 32.0. The molecule has 7 heteroatoms. The van der Waals surface area contributed by atoms with Gasteiger partial charge in [-0.25, -0.2) is 0 Å². The van der Waals surface area contributed by atoms with E-state index >= 15 is 0 Å². The molecule has 0 aliphatic heterocycles. The van der Waals surface area contributed by atoms with Crippen molar-refractivity contribution >= 4 is 0 Å². The van der Waals surface area contributed by atoms with Crippen LogP contribution in [-0.4, -0.2) is 97.9 Å². The second kappa shape index (κ2) is 42.3.